The Balaban J connectivity index is 3.56. The standard InChI is InChI=1S/C8H18N2OS/c1-9(2)5-6-10(3)8(11)7-12-4/h5-7H2,1-4H3. The smallest absolute Gasteiger partial charge is 0.232 e. The van der Waals surface area contributed by atoms with Crippen molar-refractivity contribution in [3.8, 4) is 0 Å². The third kappa shape index (κ3) is 5.43. The van der Waals surface area contributed by atoms with Crippen molar-refractivity contribution in [3.05, 3.63) is 0 Å². The summed E-state index contributed by atoms with van der Waals surface area (Å²) in [5.41, 5.74) is 0. The number of carbonyl (C=O) groups is 1. The van der Waals surface area contributed by atoms with Crippen LogP contribution in [0.2, 0.25) is 0 Å². The fourth-order valence-corrected chi connectivity index (χ4v) is 1.18. The van der Waals surface area contributed by atoms with Crippen molar-refractivity contribution >= 4 is 17.7 Å². The van der Waals surface area contributed by atoms with Crippen LogP contribution in [0.25, 0.3) is 0 Å². The van der Waals surface area contributed by atoms with E-state index in [4.69, 9.17) is 0 Å². The molecule has 0 aromatic heterocycles. The molecule has 0 aromatic carbocycles. The predicted octanol–water partition coefficient (Wildman–Crippen LogP) is 0.369. The van der Waals surface area contributed by atoms with Gasteiger partial charge in [0.15, 0.2) is 0 Å². The van der Waals surface area contributed by atoms with E-state index in [0.717, 1.165) is 13.1 Å². The molecule has 0 saturated carbocycles. The molecular weight excluding hydrogens is 172 g/mol. The van der Waals surface area contributed by atoms with Gasteiger partial charge in [-0.2, -0.15) is 11.8 Å². The molecule has 0 N–H and O–H groups in total. The zero-order valence-corrected chi connectivity index (χ0v) is 9.15. The number of nitrogens with zero attached hydrogens (tertiary/aromatic N) is 2. The normalized spacial score (nSPS) is 10.4. The molecule has 0 atom stereocenters. The Bertz CT molecular complexity index is 139. The van der Waals surface area contributed by atoms with Crippen LogP contribution in [-0.2, 0) is 4.79 Å². The number of thioether (sulfide) groups is 1. The van der Waals surface area contributed by atoms with Gasteiger partial charge in [-0.05, 0) is 20.4 Å². The first-order chi connectivity index (χ1) is 5.57. The Kier molecular flexibility index (Phi) is 6.20. The molecule has 3 nitrogen and oxygen atoms in total. The van der Waals surface area contributed by atoms with E-state index in [9.17, 15) is 4.79 Å². The SMILES string of the molecule is CSCC(=O)N(C)CCN(C)C. The minimum atomic E-state index is 0.212. The van der Waals surface area contributed by atoms with Gasteiger partial charge in [-0.15, -0.1) is 0 Å². The highest BCUT2D eigenvalue weighted by atomic mass is 32.2. The van der Waals surface area contributed by atoms with Gasteiger partial charge < -0.3 is 9.80 Å². The molecule has 0 saturated heterocycles. The Morgan fingerprint density at radius 1 is 1.25 bits per heavy atom. The third-order valence-electron chi connectivity index (χ3n) is 1.58. The highest BCUT2D eigenvalue weighted by Crippen LogP contribution is 1.95. The highest BCUT2D eigenvalue weighted by Gasteiger charge is 2.06. The molecular formula is C8H18N2OS. The van der Waals surface area contributed by atoms with Gasteiger partial charge in [0.2, 0.25) is 5.91 Å². The lowest BCUT2D eigenvalue weighted by atomic mass is 10.5. The summed E-state index contributed by atoms with van der Waals surface area (Å²) in [6.07, 6.45) is 1.94. The van der Waals surface area contributed by atoms with E-state index < -0.39 is 0 Å². The van der Waals surface area contributed by atoms with E-state index in [-0.39, 0.29) is 5.91 Å². The second-order valence-electron chi connectivity index (χ2n) is 3.05. The number of carbonyl (C=O) groups excluding carboxylic acids is 1. The first-order valence-electron chi connectivity index (χ1n) is 3.95. The number of hydrogen-bond donors (Lipinski definition) is 0. The predicted molar refractivity (Wildman–Crippen MR) is 54.6 cm³/mol. The Labute approximate surface area is 79.1 Å². The van der Waals surface area contributed by atoms with Crippen molar-refractivity contribution in [2.45, 2.75) is 0 Å². The molecule has 0 bridgehead atoms. The number of rotatable bonds is 5. The molecule has 12 heavy (non-hydrogen) atoms. The maximum Gasteiger partial charge on any atom is 0.232 e. The van der Waals surface area contributed by atoms with Crippen LogP contribution in [0.4, 0.5) is 0 Å². The minimum Gasteiger partial charge on any atom is -0.344 e. The number of amides is 1. The van der Waals surface area contributed by atoms with E-state index in [2.05, 4.69) is 4.90 Å². The van der Waals surface area contributed by atoms with Crippen LogP contribution in [0, 0.1) is 0 Å². The number of likely N-dealkylation sites (N-methyl/N-ethyl adjacent to an activating group) is 2. The van der Waals surface area contributed by atoms with Gasteiger partial charge in [0.25, 0.3) is 0 Å². The summed E-state index contributed by atoms with van der Waals surface area (Å²) in [6.45, 7) is 1.74. The molecule has 0 heterocycles. The molecule has 0 radical (unpaired) electrons. The Morgan fingerprint density at radius 2 is 1.83 bits per heavy atom. The van der Waals surface area contributed by atoms with Gasteiger partial charge in [0.05, 0.1) is 5.75 Å². The van der Waals surface area contributed by atoms with Gasteiger partial charge in [-0.25, -0.2) is 0 Å². The van der Waals surface area contributed by atoms with E-state index in [0.29, 0.717) is 5.75 Å². The van der Waals surface area contributed by atoms with Crippen LogP contribution in [0.5, 0.6) is 0 Å². The first-order valence-corrected chi connectivity index (χ1v) is 5.35. The zero-order valence-electron chi connectivity index (χ0n) is 8.33. The van der Waals surface area contributed by atoms with E-state index >= 15 is 0 Å². The molecule has 0 spiro atoms. The van der Waals surface area contributed by atoms with Crippen molar-refractivity contribution < 1.29 is 4.79 Å². The molecule has 0 aliphatic rings. The van der Waals surface area contributed by atoms with Crippen molar-refractivity contribution in [2.24, 2.45) is 0 Å². The van der Waals surface area contributed by atoms with Crippen LogP contribution in [0.3, 0.4) is 0 Å². The van der Waals surface area contributed by atoms with E-state index in [1.807, 2.05) is 27.4 Å². The Morgan fingerprint density at radius 3 is 2.25 bits per heavy atom. The lowest BCUT2D eigenvalue weighted by Crippen LogP contribution is -2.34. The molecule has 0 aliphatic carbocycles. The molecule has 72 valence electrons. The summed E-state index contributed by atoms with van der Waals surface area (Å²) in [6, 6.07) is 0. The fourth-order valence-electron chi connectivity index (χ4n) is 0.708. The molecule has 4 heteroatoms. The largest absolute Gasteiger partial charge is 0.344 e. The quantitative estimate of drug-likeness (QED) is 0.626. The molecule has 1 amide bonds. The summed E-state index contributed by atoms with van der Waals surface area (Å²) in [4.78, 5) is 15.1. The first kappa shape index (κ1) is 11.8. The van der Waals surface area contributed by atoms with Gasteiger partial charge >= 0.3 is 0 Å². The van der Waals surface area contributed by atoms with Crippen LogP contribution < -0.4 is 0 Å². The molecule has 0 aromatic rings. The summed E-state index contributed by atoms with van der Waals surface area (Å²) >= 11 is 1.57. The molecule has 0 unspecified atom stereocenters. The second kappa shape index (κ2) is 6.31. The summed E-state index contributed by atoms with van der Waals surface area (Å²) < 4.78 is 0. The molecule has 0 fully saturated rings. The van der Waals surface area contributed by atoms with E-state index in [1.165, 1.54) is 0 Å². The van der Waals surface area contributed by atoms with Gasteiger partial charge in [-0.3, -0.25) is 4.79 Å². The van der Waals surface area contributed by atoms with E-state index in [1.54, 1.807) is 16.7 Å². The van der Waals surface area contributed by atoms with Crippen molar-refractivity contribution in [3.63, 3.8) is 0 Å². The van der Waals surface area contributed by atoms with Crippen molar-refractivity contribution in [1.82, 2.24) is 9.80 Å². The van der Waals surface area contributed by atoms with Gasteiger partial charge in [0.1, 0.15) is 0 Å². The van der Waals surface area contributed by atoms with Crippen LogP contribution in [-0.4, -0.2) is 61.9 Å². The van der Waals surface area contributed by atoms with Crippen LogP contribution in [0.1, 0.15) is 0 Å². The summed E-state index contributed by atoms with van der Waals surface area (Å²) in [7, 11) is 5.86. The average Bonchev–Trinajstić information content (AvgIpc) is 2.00. The number of hydrogen-bond acceptors (Lipinski definition) is 3. The van der Waals surface area contributed by atoms with Crippen LogP contribution >= 0.6 is 11.8 Å². The lowest BCUT2D eigenvalue weighted by molar-refractivity contribution is -0.127. The maximum absolute atomic E-state index is 11.2. The van der Waals surface area contributed by atoms with Crippen molar-refractivity contribution in [1.29, 1.82) is 0 Å². The topological polar surface area (TPSA) is 23.6 Å². The summed E-state index contributed by atoms with van der Waals surface area (Å²) in [5.74, 6) is 0.800. The molecule has 0 aliphatic heterocycles. The van der Waals surface area contributed by atoms with Gasteiger partial charge in [-0.1, -0.05) is 0 Å². The minimum absolute atomic E-state index is 0.212. The average molecular weight is 190 g/mol. The monoisotopic (exact) mass is 190 g/mol. The lowest BCUT2D eigenvalue weighted by Gasteiger charge is -2.19. The Hall–Kier alpha value is -0.220. The highest BCUT2D eigenvalue weighted by molar-refractivity contribution is 7.99. The fraction of sp³-hybridized carbons (Fsp3) is 0.875. The third-order valence-corrected chi connectivity index (χ3v) is 2.11. The van der Waals surface area contributed by atoms with Gasteiger partial charge in [0, 0.05) is 20.1 Å². The second-order valence-corrected chi connectivity index (χ2v) is 3.92. The summed E-state index contributed by atoms with van der Waals surface area (Å²) in [5, 5.41) is 0. The zero-order chi connectivity index (χ0) is 9.56. The molecule has 0 rings (SSSR count). The van der Waals surface area contributed by atoms with Crippen LogP contribution in [0.15, 0.2) is 0 Å². The maximum atomic E-state index is 11.2. The van der Waals surface area contributed by atoms with Crippen molar-refractivity contribution in [2.75, 3.05) is 46.2 Å².